The average molecular weight is 242 g/mol. The Morgan fingerprint density at radius 2 is 1.53 bits per heavy atom. The number of hydrogen-bond acceptors (Lipinski definition) is 1. The van der Waals surface area contributed by atoms with Gasteiger partial charge in [0.2, 0.25) is 0 Å². The molecule has 0 N–H and O–H groups in total. The van der Waals surface area contributed by atoms with Crippen LogP contribution in [0.4, 0.5) is 12.9 Å². The van der Waals surface area contributed by atoms with Gasteiger partial charge in [-0.1, -0.05) is 30.7 Å². The number of hydrogen-bond donors (Lipinski definition) is 0. The minimum absolute atomic E-state index is 0.507. The van der Waals surface area contributed by atoms with E-state index in [0.717, 1.165) is 25.2 Å². The lowest BCUT2D eigenvalue weighted by Crippen LogP contribution is -2.34. The lowest BCUT2D eigenvalue weighted by Gasteiger charge is -2.26. The van der Waals surface area contributed by atoms with Gasteiger partial charge in [-0.2, -0.15) is 0 Å². The van der Waals surface area contributed by atoms with Crippen LogP contribution in [0, 0.1) is 0 Å². The highest BCUT2D eigenvalue weighted by Crippen LogP contribution is 2.14. The van der Waals surface area contributed by atoms with Gasteiger partial charge in [-0.05, 0) is 31.5 Å². The molecule has 1 aliphatic heterocycles. The van der Waals surface area contributed by atoms with E-state index in [4.69, 9.17) is 0 Å². The zero-order chi connectivity index (χ0) is 12.3. The summed E-state index contributed by atoms with van der Waals surface area (Å²) in [6.45, 7) is -1.97. The molecule has 0 saturated carbocycles. The predicted octanol–water partition coefficient (Wildman–Crippen LogP) is 2.73. The van der Waals surface area contributed by atoms with Gasteiger partial charge in [0, 0.05) is 6.54 Å². The molecule has 17 heavy (non-hydrogen) atoms. The van der Waals surface area contributed by atoms with Crippen molar-refractivity contribution in [1.29, 1.82) is 0 Å². The molecule has 5 heteroatoms. The summed E-state index contributed by atoms with van der Waals surface area (Å²) >= 11 is 0. The molecule has 94 valence electrons. The third-order valence-electron chi connectivity index (χ3n) is 3.21. The van der Waals surface area contributed by atoms with Crippen molar-refractivity contribution in [2.24, 2.45) is 0 Å². The van der Waals surface area contributed by atoms with Gasteiger partial charge in [0.25, 0.3) is 0 Å². The zero-order valence-electron chi connectivity index (χ0n) is 9.71. The maximum absolute atomic E-state index is 12.4. The maximum atomic E-state index is 12.4. The summed E-state index contributed by atoms with van der Waals surface area (Å²) in [5.74, 6) is 0. The summed E-state index contributed by atoms with van der Waals surface area (Å²) < 4.78 is 37.3. The van der Waals surface area contributed by atoms with Crippen LogP contribution >= 0.6 is 0 Å². The molecule has 0 amide bonds. The SMILES string of the molecule is F[B-](F)(F)c1ccc(CN2CCCCC2)cc1. The van der Waals surface area contributed by atoms with Gasteiger partial charge in [-0.3, -0.25) is 4.90 Å². The van der Waals surface area contributed by atoms with E-state index in [9.17, 15) is 12.9 Å². The summed E-state index contributed by atoms with van der Waals surface area (Å²) in [5.41, 5.74) is 0.461. The molecule has 1 heterocycles. The summed E-state index contributed by atoms with van der Waals surface area (Å²) in [7, 11) is 0. The van der Waals surface area contributed by atoms with Crippen molar-refractivity contribution in [3.05, 3.63) is 29.8 Å². The summed E-state index contributed by atoms with van der Waals surface area (Å²) in [5, 5.41) is 0. The quantitative estimate of drug-likeness (QED) is 0.736. The number of halogens is 3. The highest BCUT2D eigenvalue weighted by Gasteiger charge is 2.24. The van der Waals surface area contributed by atoms with E-state index in [1.54, 1.807) is 12.1 Å². The minimum Gasteiger partial charge on any atom is -0.445 e. The summed E-state index contributed by atoms with van der Waals surface area (Å²) in [4.78, 5) is 2.30. The molecule has 0 spiro atoms. The van der Waals surface area contributed by atoms with Crippen LogP contribution in [0.5, 0.6) is 0 Å². The Hall–Kier alpha value is -0.965. The van der Waals surface area contributed by atoms with Crippen molar-refractivity contribution in [3.63, 3.8) is 0 Å². The Balaban J connectivity index is 1.98. The van der Waals surface area contributed by atoms with E-state index in [-0.39, 0.29) is 0 Å². The van der Waals surface area contributed by atoms with Gasteiger partial charge in [0.1, 0.15) is 0 Å². The van der Waals surface area contributed by atoms with Gasteiger partial charge in [-0.25, -0.2) is 0 Å². The molecule has 1 nitrogen and oxygen atoms in total. The molecule has 0 atom stereocenters. The van der Waals surface area contributed by atoms with E-state index < -0.39 is 12.4 Å². The molecule has 1 aliphatic rings. The van der Waals surface area contributed by atoms with Crippen LogP contribution in [0.3, 0.4) is 0 Å². The molecule has 0 bridgehead atoms. The molecule has 0 aromatic heterocycles. The van der Waals surface area contributed by atoms with E-state index in [1.807, 2.05) is 0 Å². The van der Waals surface area contributed by atoms with Crippen LogP contribution < -0.4 is 5.46 Å². The van der Waals surface area contributed by atoms with E-state index in [0.29, 0.717) is 0 Å². The molecule has 1 aromatic rings. The highest BCUT2D eigenvalue weighted by atomic mass is 19.4. The lowest BCUT2D eigenvalue weighted by atomic mass is 9.80. The van der Waals surface area contributed by atoms with E-state index >= 15 is 0 Å². The Morgan fingerprint density at radius 3 is 2.06 bits per heavy atom. The van der Waals surface area contributed by atoms with Gasteiger partial charge in [0.05, 0.1) is 0 Å². The fraction of sp³-hybridized carbons (Fsp3) is 0.500. The van der Waals surface area contributed by atoms with Crippen molar-refractivity contribution in [2.45, 2.75) is 25.8 Å². The second kappa shape index (κ2) is 5.13. The summed E-state index contributed by atoms with van der Waals surface area (Å²) in [6, 6.07) is 5.58. The maximum Gasteiger partial charge on any atom is 0.509 e. The molecular formula is C12H16BF3N-. The Labute approximate surface area is 99.7 Å². The van der Waals surface area contributed by atoms with E-state index in [2.05, 4.69) is 4.90 Å². The third-order valence-corrected chi connectivity index (χ3v) is 3.21. The van der Waals surface area contributed by atoms with E-state index in [1.165, 1.54) is 31.4 Å². The smallest absolute Gasteiger partial charge is 0.445 e. The standard InChI is InChI=1S/C12H16BF3N/c14-13(15,16)12-6-4-11(5-7-12)10-17-8-2-1-3-9-17/h4-7H,1-3,8-10H2/q-1. The fourth-order valence-corrected chi connectivity index (χ4v) is 2.22. The van der Waals surface area contributed by atoms with Gasteiger partial charge >= 0.3 is 6.98 Å². The average Bonchev–Trinajstić information content (AvgIpc) is 2.30. The molecular weight excluding hydrogens is 226 g/mol. The van der Waals surface area contributed by atoms with Gasteiger partial charge in [-0.15, -0.1) is 5.46 Å². The highest BCUT2D eigenvalue weighted by molar-refractivity contribution is 6.73. The first-order chi connectivity index (χ1) is 8.05. The first kappa shape index (κ1) is 12.5. The topological polar surface area (TPSA) is 3.24 Å². The van der Waals surface area contributed by atoms with Crippen LogP contribution in [-0.4, -0.2) is 25.0 Å². The van der Waals surface area contributed by atoms with Crippen molar-refractivity contribution in [2.75, 3.05) is 13.1 Å². The Bertz CT molecular complexity index is 355. The fourth-order valence-electron chi connectivity index (χ4n) is 2.22. The van der Waals surface area contributed by atoms with Crippen LogP contribution in [0.1, 0.15) is 24.8 Å². The van der Waals surface area contributed by atoms with Crippen LogP contribution in [0.25, 0.3) is 0 Å². The molecule has 2 rings (SSSR count). The molecule has 1 saturated heterocycles. The van der Waals surface area contributed by atoms with Crippen LogP contribution in [-0.2, 0) is 6.54 Å². The first-order valence-corrected chi connectivity index (χ1v) is 6.07. The largest absolute Gasteiger partial charge is 0.509 e. The third kappa shape index (κ3) is 3.50. The van der Waals surface area contributed by atoms with Crippen molar-refractivity contribution in [1.82, 2.24) is 4.90 Å². The Kier molecular flexibility index (Phi) is 3.77. The molecule has 1 aromatic carbocycles. The molecule has 1 fully saturated rings. The number of rotatable bonds is 3. The second-order valence-corrected chi connectivity index (χ2v) is 4.65. The van der Waals surface area contributed by atoms with Crippen LogP contribution in [0.2, 0.25) is 0 Å². The van der Waals surface area contributed by atoms with Gasteiger partial charge < -0.3 is 12.9 Å². The van der Waals surface area contributed by atoms with Crippen molar-refractivity contribution < 1.29 is 12.9 Å². The second-order valence-electron chi connectivity index (χ2n) is 4.65. The van der Waals surface area contributed by atoms with Crippen LogP contribution in [0.15, 0.2) is 24.3 Å². The normalized spacial score (nSPS) is 18.3. The summed E-state index contributed by atoms with van der Waals surface area (Å²) in [6.07, 6.45) is 3.67. The monoisotopic (exact) mass is 242 g/mol. The first-order valence-electron chi connectivity index (χ1n) is 6.07. The van der Waals surface area contributed by atoms with Crippen molar-refractivity contribution in [3.8, 4) is 0 Å². The molecule has 0 radical (unpaired) electrons. The zero-order valence-corrected chi connectivity index (χ0v) is 9.71. The molecule has 0 aliphatic carbocycles. The van der Waals surface area contributed by atoms with Crippen molar-refractivity contribution >= 4 is 12.4 Å². The Morgan fingerprint density at radius 1 is 0.941 bits per heavy atom. The number of piperidine rings is 1. The molecule has 0 unspecified atom stereocenters. The number of nitrogens with zero attached hydrogens (tertiary/aromatic N) is 1. The predicted molar refractivity (Wildman–Crippen MR) is 64.3 cm³/mol. The number of likely N-dealkylation sites (tertiary alicyclic amines) is 1. The number of benzene rings is 1. The lowest BCUT2D eigenvalue weighted by molar-refractivity contribution is 0.221. The minimum atomic E-state index is -4.86. The van der Waals surface area contributed by atoms with Gasteiger partial charge in [0.15, 0.2) is 0 Å².